The standard InChI is InChI=1S/C16H25N5O/c1-3-5-12-6-4-8-21(9-7-12)11-14-18-15-13(16(22)19-14)10-17-20(15)2/h10,12H,3-9,11H2,1-2H3,(H,18,19,22)/t12-/m1/s1. The number of fused-ring (bicyclic) bond motifs is 1. The summed E-state index contributed by atoms with van der Waals surface area (Å²) in [5.74, 6) is 1.61. The molecular formula is C16H25N5O. The number of aryl methyl sites for hydroxylation is 1. The van der Waals surface area contributed by atoms with Gasteiger partial charge in [-0.2, -0.15) is 5.10 Å². The van der Waals surface area contributed by atoms with Crippen LogP contribution in [0.25, 0.3) is 11.0 Å². The van der Waals surface area contributed by atoms with Gasteiger partial charge in [0.1, 0.15) is 11.2 Å². The lowest BCUT2D eigenvalue weighted by atomic mass is 9.96. The fourth-order valence-corrected chi connectivity index (χ4v) is 3.44. The van der Waals surface area contributed by atoms with Crippen molar-refractivity contribution in [2.45, 2.75) is 45.6 Å². The van der Waals surface area contributed by atoms with Gasteiger partial charge in [0, 0.05) is 7.05 Å². The van der Waals surface area contributed by atoms with Gasteiger partial charge in [-0.25, -0.2) is 4.98 Å². The van der Waals surface area contributed by atoms with Crippen LogP contribution in [0.1, 0.15) is 44.9 Å². The molecule has 0 aromatic carbocycles. The Morgan fingerprint density at radius 2 is 2.23 bits per heavy atom. The number of aromatic nitrogens is 4. The SMILES string of the molecule is CCC[C@@H]1CCCN(Cc2nc3c(cnn3C)c(=O)[nH]2)CC1. The Hall–Kier alpha value is -1.69. The van der Waals surface area contributed by atoms with Gasteiger partial charge in [-0.3, -0.25) is 14.4 Å². The quantitative estimate of drug-likeness (QED) is 0.939. The number of nitrogens with zero attached hydrogens (tertiary/aromatic N) is 4. The molecule has 0 spiro atoms. The molecule has 1 saturated heterocycles. The molecule has 22 heavy (non-hydrogen) atoms. The summed E-state index contributed by atoms with van der Waals surface area (Å²) in [4.78, 5) is 22.0. The first kappa shape index (κ1) is 15.2. The molecule has 0 aliphatic carbocycles. The molecule has 0 unspecified atom stereocenters. The predicted molar refractivity (Wildman–Crippen MR) is 86.7 cm³/mol. The molecule has 1 N–H and O–H groups in total. The Bertz CT molecular complexity index is 689. The third-order valence-electron chi connectivity index (χ3n) is 4.66. The average molecular weight is 303 g/mol. The lowest BCUT2D eigenvalue weighted by molar-refractivity contribution is 0.265. The Morgan fingerprint density at radius 1 is 1.36 bits per heavy atom. The van der Waals surface area contributed by atoms with Crippen LogP contribution in [0.5, 0.6) is 0 Å². The Kier molecular flexibility index (Phi) is 4.57. The smallest absolute Gasteiger partial charge is 0.262 e. The van der Waals surface area contributed by atoms with Crippen LogP contribution in [0, 0.1) is 5.92 Å². The van der Waals surface area contributed by atoms with Gasteiger partial charge in [0.2, 0.25) is 0 Å². The summed E-state index contributed by atoms with van der Waals surface area (Å²) in [5.41, 5.74) is 0.573. The summed E-state index contributed by atoms with van der Waals surface area (Å²) in [6, 6.07) is 0. The van der Waals surface area contributed by atoms with Gasteiger partial charge in [-0.05, 0) is 38.3 Å². The van der Waals surface area contributed by atoms with E-state index in [1.165, 1.54) is 32.1 Å². The summed E-state index contributed by atoms with van der Waals surface area (Å²) in [6.45, 7) is 5.17. The molecule has 6 nitrogen and oxygen atoms in total. The van der Waals surface area contributed by atoms with E-state index in [0.717, 1.165) is 31.4 Å². The molecule has 120 valence electrons. The molecular weight excluding hydrogens is 278 g/mol. The van der Waals surface area contributed by atoms with Crippen LogP contribution in [-0.2, 0) is 13.6 Å². The normalized spacial score (nSPS) is 20.4. The Morgan fingerprint density at radius 3 is 3.05 bits per heavy atom. The molecule has 3 heterocycles. The Labute approximate surface area is 130 Å². The highest BCUT2D eigenvalue weighted by Gasteiger charge is 2.18. The van der Waals surface area contributed by atoms with Crippen LogP contribution < -0.4 is 5.56 Å². The second kappa shape index (κ2) is 6.60. The second-order valence-electron chi connectivity index (χ2n) is 6.38. The van der Waals surface area contributed by atoms with Crippen LogP contribution >= 0.6 is 0 Å². The van der Waals surface area contributed by atoms with Gasteiger partial charge in [-0.1, -0.05) is 19.8 Å². The average Bonchev–Trinajstić information content (AvgIpc) is 2.72. The van der Waals surface area contributed by atoms with Gasteiger partial charge in [0.05, 0.1) is 12.7 Å². The molecule has 1 aliphatic heterocycles. The fraction of sp³-hybridized carbons (Fsp3) is 0.688. The minimum absolute atomic E-state index is 0.0909. The maximum absolute atomic E-state index is 12.1. The van der Waals surface area contributed by atoms with E-state index in [4.69, 9.17) is 0 Å². The maximum Gasteiger partial charge on any atom is 0.262 e. The molecule has 1 aliphatic rings. The lowest BCUT2D eigenvalue weighted by Crippen LogP contribution is -2.27. The third kappa shape index (κ3) is 3.21. The topological polar surface area (TPSA) is 66.8 Å². The van der Waals surface area contributed by atoms with Crippen molar-refractivity contribution in [3.05, 3.63) is 22.4 Å². The van der Waals surface area contributed by atoms with E-state index in [0.29, 0.717) is 11.0 Å². The van der Waals surface area contributed by atoms with Gasteiger partial charge in [-0.15, -0.1) is 0 Å². The van der Waals surface area contributed by atoms with Crippen molar-refractivity contribution in [3.63, 3.8) is 0 Å². The fourth-order valence-electron chi connectivity index (χ4n) is 3.44. The highest BCUT2D eigenvalue weighted by molar-refractivity contribution is 5.72. The number of H-pyrrole nitrogens is 1. The van der Waals surface area contributed by atoms with E-state index in [1.54, 1.807) is 10.9 Å². The largest absolute Gasteiger partial charge is 0.309 e. The van der Waals surface area contributed by atoms with E-state index in [9.17, 15) is 4.79 Å². The number of aromatic amines is 1. The van der Waals surface area contributed by atoms with Crippen LogP contribution in [0.3, 0.4) is 0 Å². The Balaban J connectivity index is 1.73. The summed E-state index contributed by atoms with van der Waals surface area (Å²) in [7, 11) is 1.82. The second-order valence-corrected chi connectivity index (χ2v) is 6.38. The number of nitrogens with one attached hydrogen (secondary N) is 1. The van der Waals surface area contributed by atoms with Crippen molar-refractivity contribution in [1.29, 1.82) is 0 Å². The molecule has 6 heteroatoms. The monoisotopic (exact) mass is 303 g/mol. The summed E-state index contributed by atoms with van der Waals surface area (Å²) >= 11 is 0. The van der Waals surface area contributed by atoms with Crippen molar-refractivity contribution >= 4 is 11.0 Å². The number of likely N-dealkylation sites (tertiary alicyclic amines) is 1. The molecule has 0 amide bonds. The summed E-state index contributed by atoms with van der Waals surface area (Å²) < 4.78 is 1.66. The highest BCUT2D eigenvalue weighted by Crippen LogP contribution is 2.22. The molecule has 1 fully saturated rings. The molecule has 0 saturated carbocycles. The predicted octanol–water partition coefficient (Wildman–Crippen LogP) is 2.06. The zero-order valence-corrected chi connectivity index (χ0v) is 13.5. The maximum atomic E-state index is 12.1. The number of hydrogen-bond donors (Lipinski definition) is 1. The van der Waals surface area contributed by atoms with E-state index in [-0.39, 0.29) is 5.56 Å². The molecule has 0 bridgehead atoms. The van der Waals surface area contributed by atoms with E-state index >= 15 is 0 Å². The first-order valence-corrected chi connectivity index (χ1v) is 8.30. The van der Waals surface area contributed by atoms with Gasteiger partial charge in [0.25, 0.3) is 5.56 Å². The zero-order chi connectivity index (χ0) is 15.5. The molecule has 1 atom stereocenters. The van der Waals surface area contributed by atoms with Gasteiger partial charge in [0.15, 0.2) is 5.65 Å². The first-order chi connectivity index (χ1) is 10.7. The van der Waals surface area contributed by atoms with E-state index < -0.39 is 0 Å². The van der Waals surface area contributed by atoms with Crippen LogP contribution in [0.15, 0.2) is 11.0 Å². The molecule has 2 aromatic heterocycles. The number of rotatable bonds is 4. The minimum Gasteiger partial charge on any atom is -0.309 e. The summed E-state index contributed by atoms with van der Waals surface area (Å²) in [6.07, 6.45) is 8.01. The van der Waals surface area contributed by atoms with E-state index in [2.05, 4.69) is 26.9 Å². The summed E-state index contributed by atoms with van der Waals surface area (Å²) in [5, 5.41) is 4.67. The molecule has 3 rings (SSSR count). The zero-order valence-electron chi connectivity index (χ0n) is 13.5. The lowest BCUT2D eigenvalue weighted by Gasteiger charge is -2.19. The highest BCUT2D eigenvalue weighted by atomic mass is 16.1. The minimum atomic E-state index is -0.0909. The van der Waals surface area contributed by atoms with E-state index in [1.807, 2.05) is 7.05 Å². The van der Waals surface area contributed by atoms with Crippen LogP contribution in [0.4, 0.5) is 0 Å². The van der Waals surface area contributed by atoms with Crippen molar-refractivity contribution in [1.82, 2.24) is 24.6 Å². The van der Waals surface area contributed by atoms with Crippen LogP contribution in [0.2, 0.25) is 0 Å². The van der Waals surface area contributed by atoms with Crippen molar-refractivity contribution in [2.24, 2.45) is 13.0 Å². The number of hydrogen-bond acceptors (Lipinski definition) is 4. The van der Waals surface area contributed by atoms with Gasteiger partial charge < -0.3 is 4.98 Å². The van der Waals surface area contributed by atoms with Gasteiger partial charge >= 0.3 is 0 Å². The third-order valence-corrected chi connectivity index (χ3v) is 4.66. The van der Waals surface area contributed by atoms with Crippen molar-refractivity contribution in [3.8, 4) is 0 Å². The van der Waals surface area contributed by atoms with Crippen molar-refractivity contribution < 1.29 is 0 Å². The molecule has 2 aromatic rings. The first-order valence-electron chi connectivity index (χ1n) is 8.30. The van der Waals surface area contributed by atoms with Crippen molar-refractivity contribution in [2.75, 3.05) is 13.1 Å². The van der Waals surface area contributed by atoms with Crippen LogP contribution in [-0.4, -0.2) is 37.7 Å². The molecule has 0 radical (unpaired) electrons.